The summed E-state index contributed by atoms with van der Waals surface area (Å²) >= 11 is -11.9. The Labute approximate surface area is 138 Å². The van der Waals surface area contributed by atoms with Crippen molar-refractivity contribution in [1.29, 1.82) is 0 Å². The van der Waals surface area contributed by atoms with E-state index in [4.69, 9.17) is 27.5 Å². The average molecular weight is 529 g/mol. The van der Waals surface area contributed by atoms with Gasteiger partial charge in [0.1, 0.15) is 40.2 Å². The van der Waals surface area contributed by atoms with Crippen LogP contribution in [0.15, 0.2) is 0 Å². The van der Waals surface area contributed by atoms with E-state index >= 15 is 0 Å². The average Bonchev–Trinajstić information content (AvgIpc) is 1.12. The van der Waals surface area contributed by atoms with Gasteiger partial charge in [0.25, 0.3) is 0 Å². The molecule has 0 aliphatic rings. The first kappa shape index (κ1) is 24.7. The first-order valence-corrected chi connectivity index (χ1v) is 8.28. The number of halogens is 2. The van der Waals surface area contributed by atoms with E-state index in [-0.39, 0.29) is 73.8 Å². The molecule has 0 aromatic heterocycles. The number of hydrogen-bond acceptors (Lipinski definition) is 8. The van der Waals surface area contributed by atoms with Gasteiger partial charge in [-0.05, 0) is 0 Å². The van der Waals surface area contributed by atoms with Crippen LogP contribution in [-0.2, 0) is 22.4 Å². The fourth-order valence-electron chi connectivity index (χ4n) is 0. The zero-order chi connectivity index (χ0) is 9.00. The van der Waals surface area contributed by atoms with Crippen LogP contribution >= 0.6 is 0 Å². The Kier molecular flexibility index (Phi) is 22.6. The summed E-state index contributed by atoms with van der Waals surface area (Å²) in [4.78, 5) is 0. The zero-order valence-electron chi connectivity index (χ0n) is 5.32. The monoisotopic (exact) mass is 528 g/mol. The zero-order valence-corrected chi connectivity index (χ0v) is 14.2. The summed E-state index contributed by atoms with van der Waals surface area (Å²) in [7, 11) is 0. The van der Waals surface area contributed by atoms with Crippen molar-refractivity contribution in [1.82, 2.24) is 0 Å². The van der Waals surface area contributed by atoms with Gasteiger partial charge in [0.2, 0.25) is 0 Å². The molecule has 0 fully saturated rings. The minimum absolute atomic E-state index is 0. The van der Waals surface area contributed by atoms with Crippen LogP contribution in [-0.4, -0.2) is 0 Å². The van der Waals surface area contributed by atoms with Gasteiger partial charge in [-0.25, -0.2) is 0 Å². The van der Waals surface area contributed by atoms with Crippen LogP contribution in [0.25, 0.3) is 0 Å². The molecule has 0 spiro atoms. The first-order valence-electron chi connectivity index (χ1n) is 1.23. The number of hydrogen-bond donors (Lipinski definition) is 0. The molecule has 0 atom stereocenters. The standard InChI is InChI=1S/Ag.2IO4.K/c;2*2-1(3,4)5;/q+1;2*-1;+1. The van der Waals surface area contributed by atoms with Crippen molar-refractivity contribution >= 4 is 0 Å². The third kappa shape index (κ3) is 171. The minimum atomic E-state index is -5.94. The van der Waals surface area contributed by atoms with Crippen LogP contribution in [0, 0.1) is 0 Å². The van der Waals surface area contributed by atoms with Gasteiger partial charge in [-0.2, -0.15) is 0 Å². The Bertz CT molecular complexity index is 60.0. The summed E-state index contributed by atoms with van der Waals surface area (Å²) < 4.78 is 68.9. The van der Waals surface area contributed by atoms with Crippen LogP contribution < -0.4 is 119 Å². The van der Waals surface area contributed by atoms with Gasteiger partial charge < -0.3 is 0 Å². The molecule has 0 aromatic carbocycles. The van der Waals surface area contributed by atoms with Crippen LogP contribution in [0.5, 0.6) is 0 Å². The molecule has 0 rings (SSSR count). The molecule has 0 aliphatic carbocycles. The fraction of sp³-hybridized carbons (Fsp3) is 0. The van der Waals surface area contributed by atoms with Crippen LogP contribution in [0.3, 0.4) is 0 Å². The molecule has 0 heterocycles. The van der Waals surface area contributed by atoms with E-state index in [1.54, 1.807) is 0 Å². The summed E-state index contributed by atoms with van der Waals surface area (Å²) in [5.41, 5.74) is 0. The Morgan fingerprint density at radius 3 is 0.500 bits per heavy atom. The molecular weight excluding hydrogens is 529 g/mol. The molecule has 12 heteroatoms. The fourth-order valence-corrected chi connectivity index (χ4v) is 0. The maximum absolute atomic E-state index is 8.62. The summed E-state index contributed by atoms with van der Waals surface area (Å²) in [6, 6.07) is 0. The number of rotatable bonds is 0. The molecule has 0 radical (unpaired) electrons. The van der Waals surface area contributed by atoms with Crippen molar-refractivity contribution in [3.63, 3.8) is 0 Å². The van der Waals surface area contributed by atoms with Crippen LogP contribution in [0.2, 0.25) is 0 Å². The molecule has 0 unspecified atom stereocenters. The first-order chi connectivity index (χ1) is 4.00. The minimum Gasteiger partial charge on any atom is -0.286 e. The maximum atomic E-state index is 8.62. The predicted molar refractivity (Wildman–Crippen MR) is 0 cm³/mol. The molecule has 0 N–H and O–H groups in total. The van der Waals surface area contributed by atoms with E-state index in [0.29, 0.717) is 0 Å². The van der Waals surface area contributed by atoms with Crippen molar-refractivity contribution in [3.8, 4) is 0 Å². The maximum Gasteiger partial charge on any atom is 1.00 e. The SMILES string of the molecule is [Ag+].[K+].[O-][I+3]([O-])([O-])[O-].[O-][I+3]([O-])([O-])[O-]. The Morgan fingerprint density at radius 1 is 0.500 bits per heavy atom. The second-order valence-corrected chi connectivity index (χ2v) is 5.07. The van der Waals surface area contributed by atoms with Crippen molar-refractivity contribution in [2.24, 2.45) is 0 Å². The molecule has 0 amide bonds. The van der Waals surface area contributed by atoms with Gasteiger partial charge in [-0.3, -0.25) is 27.5 Å². The van der Waals surface area contributed by atoms with Gasteiger partial charge in [0.05, 0.1) is 0 Å². The van der Waals surface area contributed by atoms with Crippen molar-refractivity contribution in [2.75, 3.05) is 0 Å². The second-order valence-electron chi connectivity index (χ2n) is 0.756. The van der Waals surface area contributed by atoms with Gasteiger partial charge in [0, 0.05) is 0 Å². The smallest absolute Gasteiger partial charge is 0.286 e. The quantitative estimate of drug-likeness (QED) is 0.219. The Balaban J connectivity index is -0.0000000457. The molecule has 74 valence electrons. The molecule has 0 saturated heterocycles. The van der Waals surface area contributed by atoms with Gasteiger partial charge in [-0.15, -0.1) is 0 Å². The van der Waals surface area contributed by atoms with E-state index < -0.39 is 40.2 Å². The Morgan fingerprint density at radius 2 is 0.500 bits per heavy atom. The van der Waals surface area contributed by atoms with Crippen molar-refractivity contribution in [2.45, 2.75) is 0 Å². The summed E-state index contributed by atoms with van der Waals surface area (Å²) in [5.74, 6) is 0. The van der Waals surface area contributed by atoms with Gasteiger partial charge >= 0.3 is 73.8 Å². The third-order valence-corrected chi connectivity index (χ3v) is 0. The molecule has 12 heavy (non-hydrogen) atoms. The van der Waals surface area contributed by atoms with Crippen LogP contribution in [0.4, 0.5) is 0 Å². The third-order valence-electron chi connectivity index (χ3n) is 0. The predicted octanol–water partition coefficient (Wildman–Crippen LogP) is -18.5. The van der Waals surface area contributed by atoms with Gasteiger partial charge in [0.15, 0.2) is 0 Å². The summed E-state index contributed by atoms with van der Waals surface area (Å²) in [6.07, 6.45) is 0. The Hall–Kier alpha value is 3.52. The van der Waals surface area contributed by atoms with E-state index in [1.165, 1.54) is 0 Å². The molecule has 0 aromatic rings. The van der Waals surface area contributed by atoms with Crippen molar-refractivity contribution in [3.05, 3.63) is 0 Å². The van der Waals surface area contributed by atoms with E-state index in [0.717, 1.165) is 0 Å². The van der Waals surface area contributed by atoms with E-state index in [9.17, 15) is 0 Å². The molecule has 0 aliphatic heterocycles. The topological polar surface area (TPSA) is 184 Å². The van der Waals surface area contributed by atoms with Gasteiger partial charge in [-0.1, -0.05) is 0 Å². The normalized spacial score (nSPS) is 10.0. The molecular formula is AgI2KO8. The van der Waals surface area contributed by atoms with E-state index in [2.05, 4.69) is 0 Å². The largest absolute Gasteiger partial charge is 1.00 e. The molecule has 0 saturated carbocycles. The molecule has 0 bridgehead atoms. The summed E-state index contributed by atoms with van der Waals surface area (Å²) in [6.45, 7) is 0. The van der Waals surface area contributed by atoms with E-state index in [1.807, 2.05) is 0 Å². The van der Waals surface area contributed by atoms with Crippen LogP contribution in [0.1, 0.15) is 0 Å². The second kappa shape index (κ2) is 11.0. The summed E-state index contributed by atoms with van der Waals surface area (Å²) in [5, 5.41) is 0. The molecule has 8 nitrogen and oxygen atoms in total. The van der Waals surface area contributed by atoms with Crippen molar-refractivity contribution < 1.29 is 141 Å².